The highest BCUT2D eigenvalue weighted by atomic mass is 16.7. The molecule has 0 saturated heterocycles. The lowest BCUT2D eigenvalue weighted by Crippen LogP contribution is -2.21. The van der Waals surface area contributed by atoms with Gasteiger partial charge in [0.2, 0.25) is 0 Å². The van der Waals surface area contributed by atoms with Gasteiger partial charge in [-0.15, -0.1) is 0 Å². The number of hydrogen-bond donors (Lipinski definition) is 0. The van der Waals surface area contributed by atoms with Crippen molar-refractivity contribution in [1.29, 1.82) is 0 Å². The molecule has 0 amide bonds. The van der Waals surface area contributed by atoms with E-state index in [0.29, 0.717) is 12.2 Å². The maximum atomic E-state index is 10.8. The van der Waals surface area contributed by atoms with Crippen LogP contribution in [0.5, 0.6) is 0 Å². The van der Waals surface area contributed by atoms with Gasteiger partial charge in [-0.05, 0) is 12.5 Å². The summed E-state index contributed by atoms with van der Waals surface area (Å²) in [4.78, 5) is 16.1. The van der Waals surface area contributed by atoms with Gasteiger partial charge in [-0.25, -0.2) is 4.79 Å². The fourth-order valence-corrected chi connectivity index (χ4v) is 1.64. The average molecular weight is 216 g/mol. The summed E-state index contributed by atoms with van der Waals surface area (Å²) < 4.78 is 0. The molecule has 0 saturated carbocycles. The van der Waals surface area contributed by atoms with Crippen molar-refractivity contribution in [2.24, 2.45) is 5.10 Å². The zero-order chi connectivity index (χ0) is 11.4. The summed E-state index contributed by atoms with van der Waals surface area (Å²) in [5.41, 5.74) is 1.45. The first-order chi connectivity index (χ1) is 7.86. The summed E-state index contributed by atoms with van der Waals surface area (Å²) in [6, 6.07) is 9.35. The van der Waals surface area contributed by atoms with E-state index in [1.165, 1.54) is 11.4 Å². The van der Waals surface area contributed by atoms with Crippen molar-refractivity contribution < 1.29 is 9.63 Å². The second-order valence-electron chi connectivity index (χ2n) is 3.34. The second-order valence-corrected chi connectivity index (χ2v) is 3.34. The SMILES string of the molecule is CCON1N=CC(=C=O)C1c1ccccc1. The molecule has 82 valence electrons. The number of nitrogens with zero attached hydrogens (tertiary/aromatic N) is 2. The third kappa shape index (κ3) is 1.89. The average Bonchev–Trinajstić information content (AvgIpc) is 2.74. The summed E-state index contributed by atoms with van der Waals surface area (Å²) in [6.45, 7) is 2.38. The molecule has 0 aromatic heterocycles. The van der Waals surface area contributed by atoms with Crippen molar-refractivity contribution in [2.45, 2.75) is 13.0 Å². The van der Waals surface area contributed by atoms with Gasteiger partial charge in [0, 0.05) is 0 Å². The molecule has 0 N–H and O–H groups in total. The first kappa shape index (κ1) is 10.6. The van der Waals surface area contributed by atoms with Crippen LogP contribution in [0, 0.1) is 0 Å². The monoisotopic (exact) mass is 216 g/mol. The lowest BCUT2D eigenvalue weighted by atomic mass is 10.0. The molecule has 0 bridgehead atoms. The second kappa shape index (κ2) is 4.75. The highest BCUT2D eigenvalue weighted by Gasteiger charge is 2.29. The molecule has 1 atom stereocenters. The predicted molar refractivity (Wildman–Crippen MR) is 60.3 cm³/mol. The summed E-state index contributed by atoms with van der Waals surface area (Å²) in [7, 11) is 0. The van der Waals surface area contributed by atoms with E-state index >= 15 is 0 Å². The van der Waals surface area contributed by atoms with Gasteiger partial charge < -0.3 is 0 Å². The van der Waals surface area contributed by atoms with Crippen LogP contribution in [0.1, 0.15) is 18.5 Å². The number of rotatable bonds is 3. The van der Waals surface area contributed by atoms with E-state index in [0.717, 1.165) is 5.56 Å². The molecule has 2 rings (SSSR count). The quantitative estimate of drug-likeness (QED) is 0.723. The summed E-state index contributed by atoms with van der Waals surface area (Å²) in [5, 5.41) is 5.46. The Balaban J connectivity index is 2.32. The minimum atomic E-state index is -0.279. The maximum Gasteiger partial charge on any atom is 0.138 e. The van der Waals surface area contributed by atoms with Crippen molar-refractivity contribution in [2.75, 3.05) is 6.61 Å². The van der Waals surface area contributed by atoms with Crippen molar-refractivity contribution in [3.05, 3.63) is 41.5 Å². The Bertz CT molecular complexity index is 436. The Kier molecular flexibility index (Phi) is 3.15. The molecule has 4 heteroatoms. The van der Waals surface area contributed by atoms with E-state index in [-0.39, 0.29) is 6.04 Å². The molecule has 1 aliphatic heterocycles. The van der Waals surface area contributed by atoms with E-state index in [1.807, 2.05) is 43.2 Å². The van der Waals surface area contributed by atoms with Crippen LogP contribution in [-0.2, 0) is 9.63 Å². The van der Waals surface area contributed by atoms with Gasteiger partial charge in [0.1, 0.15) is 12.0 Å². The third-order valence-electron chi connectivity index (χ3n) is 2.32. The van der Waals surface area contributed by atoms with Crippen LogP contribution in [0.4, 0.5) is 0 Å². The van der Waals surface area contributed by atoms with Gasteiger partial charge in [0.25, 0.3) is 0 Å². The van der Waals surface area contributed by atoms with Crippen molar-refractivity contribution in [1.82, 2.24) is 5.17 Å². The lowest BCUT2D eigenvalue weighted by molar-refractivity contribution is -0.169. The fraction of sp³-hybridized carbons (Fsp3) is 0.250. The minimum absolute atomic E-state index is 0.279. The molecule has 1 aromatic rings. The van der Waals surface area contributed by atoms with Gasteiger partial charge >= 0.3 is 0 Å². The first-order valence-electron chi connectivity index (χ1n) is 5.13. The number of carbonyl (C=O) groups excluding carboxylic acids is 1. The fourth-order valence-electron chi connectivity index (χ4n) is 1.64. The Morgan fingerprint density at radius 2 is 2.19 bits per heavy atom. The Labute approximate surface area is 93.8 Å². The van der Waals surface area contributed by atoms with E-state index in [4.69, 9.17) is 4.84 Å². The molecule has 0 spiro atoms. The smallest absolute Gasteiger partial charge is 0.138 e. The van der Waals surface area contributed by atoms with Gasteiger partial charge in [-0.3, -0.25) is 4.84 Å². The van der Waals surface area contributed by atoms with Crippen LogP contribution in [0.25, 0.3) is 0 Å². The van der Waals surface area contributed by atoms with Crippen LogP contribution in [0.2, 0.25) is 0 Å². The zero-order valence-corrected chi connectivity index (χ0v) is 8.96. The van der Waals surface area contributed by atoms with Crippen LogP contribution in [0.15, 0.2) is 41.0 Å². The summed E-state index contributed by atoms with van der Waals surface area (Å²) in [6.07, 6.45) is 1.49. The molecule has 1 aromatic carbocycles. The Hall–Kier alpha value is -1.90. The molecule has 4 nitrogen and oxygen atoms in total. The normalized spacial score (nSPS) is 18.9. The van der Waals surface area contributed by atoms with Crippen molar-refractivity contribution >= 4 is 12.2 Å². The Morgan fingerprint density at radius 3 is 2.81 bits per heavy atom. The van der Waals surface area contributed by atoms with Crippen LogP contribution < -0.4 is 0 Å². The van der Waals surface area contributed by atoms with Crippen molar-refractivity contribution in [3.63, 3.8) is 0 Å². The van der Waals surface area contributed by atoms with E-state index in [9.17, 15) is 4.79 Å². The van der Waals surface area contributed by atoms with E-state index in [2.05, 4.69) is 5.10 Å². The van der Waals surface area contributed by atoms with Gasteiger partial charge in [-0.1, -0.05) is 30.3 Å². The van der Waals surface area contributed by atoms with Crippen LogP contribution >= 0.6 is 0 Å². The molecular weight excluding hydrogens is 204 g/mol. The molecule has 0 fully saturated rings. The molecule has 1 unspecified atom stereocenters. The highest BCUT2D eigenvalue weighted by molar-refractivity contribution is 5.92. The number of benzene rings is 1. The molecule has 0 radical (unpaired) electrons. The molecular formula is C12H12N2O2. The summed E-state index contributed by atoms with van der Waals surface area (Å²) in [5.74, 6) is 1.90. The maximum absolute atomic E-state index is 10.8. The Morgan fingerprint density at radius 1 is 1.44 bits per heavy atom. The largest absolute Gasteiger partial charge is 0.256 e. The van der Waals surface area contributed by atoms with Crippen LogP contribution in [-0.4, -0.2) is 23.9 Å². The highest BCUT2D eigenvalue weighted by Crippen LogP contribution is 2.30. The van der Waals surface area contributed by atoms with Gasteiger partial charge in [0.15, 0.2) is 0 Å². The third-order valence-corrected chi connectivity index (χ3v) is 2.32. The molecule has 1 aliphatic rings. The van der Waals surface area contributed by atoms with Crippen LogP contribution in [0.3, 0.4) is 0 Å². The first-order valence-corrected chi connectivity index (χ1v) is 5.13. The van der Waals surface area contributed by atoms with Crippen molar-refractivity contribution in [3.8, 4) is 0 Å². The molecule has 1 heterocycles. The topological polar surface area (TPSA) is 41.9 Å². The van der Waals surface area contributed by atoms with E-state index in [1.54, 1.807) is 0 Å². The lowest BCUT2D eigenvalue weighted by Gasteiger charge is -2.21. The number of hydrazone groups is 1. The number of hydroxylamine groups is 1. The zero-order valence-electron chi connectivity index (χ0n) is 8.96. The van der Waals surface area contributed by atoms with Gasteiger partial charge in [-0.2, -0.15) is 10.3 Å². The minimum Gasteiger partial charge on any atom is -0.256 e. The van der Waals surface area contributed by atoms with E-state index < -0.39 is 0 Å². The predicted octanol–water partition coefficient (Wildman–Crippen LogP) is 1.74. The molecule has 0 aliphatic carbocycles. The number of hydrogen-bond acceptors (Lipinski definition) is 4. The standard InChI is InChI=1S/C12H12N2O2/c1-2-16-14-12(11(9-15)8-13-14)10-6-4-3-5-7-10/h3-8,12H,2H2,1H3. The molecule has 16 heavy (non-hydrogen) atoms. The summed E-state index contributed by atoms with van der Waals surface area (Å²) >= 11 is 0. The van der Waals surface area contributed by atoms with Gasteiger partial charge in [0.05, 0.1) is 18.4 Å².